The van der Waals surface area contributed by atoms with E-state index in [0.29, 0.717) is 17.6 Å². The molecule has 5 aromatic carbocycles. The van der Waals surface area contributed by atoms with Crippen LogP contribution in [-0.4, -0.2) is 19.5 Å². The third-order valence-electron chi connectivity index (χ3n) is 8.97. The second-order valence-electron chi connectivity index (χ2n) is 11.6. The molecule has 0 amide bonds. The van der Waals surface area contributed by atoms with Gasteiger partial charge in [-0.05, 0) is 59.5 Å². The monoisotopic (exact) mass is 584 g/mol. The number of hydrogen-bond donors (Lipinski definition) is 0. The van der Waals surface area contributed by atoms with Gasteiger partial charge in [-0.3, -0.25) is 4.57 Å². The normalized spacial score (nSPS) is 13.5. The van der Waals surface area contributed by atoms with E-state index in [-0.39, 0.29) is 0 Å². The van der Waals surface area contributed by atoms with Crippen molar-refractivity contribution in [3.63, 3.8) is 0 Å². The van der Waals surface area contributed by atoms with E-state index in [9.17, 15) is 0 Å². The number of aryl methyl sites for hydroxylation is 1. The van der Waals surface area contributed by atoms with Crippen molar-refractivity contribution in [1.82, 2.24) is 19.5 Å². The standard InChI is InChI=1S/C39H29N4P/c1-4-14-26(15-5-1)37-40-38(27-16-6-2-7-17-27)42-39(41-37)43-33-22-12-10-20-29(33)31-24-32-30-21-11-13-23-35(30)44(36(32)25-34(31)43)28-18-8-3-9-19-28/h1-9,11,13-19,21,23-25H,10,12,20,22H2. The smallest absolute Gasteiger partial charge is 0.238 e. The summed E-state index contributed by atoms with van der Waals surface area (Å²) < 4.78 is 2.37. The highest BCUT2D eigenvalue weighted by molar-refractivity contribution is 7.67. The molecule has 0 radical (unpaired) electrons. The lowest BCUT2D eigenvalue weighted by Gasteiger charge is -2.16. The Hall–Kier alpha value is -5.05. The molecule has 1 unspecified atom stereocenters. The van der Waals surface area contributed by atoms with Gasteiger partial charge in [0.25, 0.3) is 0 Å². The lowest BCUT2D eigenvalue weighted by molar-refractivity contribution is 0.661. The molecule has 9 rings (SSSR count). The second kappa shape index (κ2) is 10.3. The second-order valence-corrected chi connectivity index (χ2v) is 13.7. The van der Waals surface area contributed by atoms with Crippen LogP contribution in [0.4, 0.5) is 0 Å². The Morgan fingerprint density at radius 3 is 1.84 bits per heavy atom. The zero-order valence-electron chi connectivity index (χ0n) is 24.2. The van der Waals surface area contributed by atoms with Crippen molar-refractivity contribution in [2.45, 2.75) is 25.7 Å². The lowest BCUT2D eigenvalue weighted by Crippen LogP contribution is -2.11. The van der Waals surface area contributed by atoms with E-state index in [4.69, 9.17) is 15.0 Å². The molecule has 3 aromatic heterocycles. The fourth-order valence-corrected chi connectivity index (χ4v) is 9.62. The first-order valence-corrected chi connectivity index (χ1v) is 16.7. The summed E-state index contributed by atoms with van der Waals surface area (Å²) >= 11 is 0. The van der Waals surface area contributed by atoms with Crippen LogP contribution in [-0.2, 0) is 12.8 Å². The van der Waals surface area contributed by atoms with Gasteiger partial charge in [0.05, 0.1) is 5.52 Å². The minimum atomic E-state index is -0.671. The molecule has 1 aliphatic rings. The van der Waals surface area contributed by atoms with E-state index in [0.717, 1.165) is 24.0 Å². The van der Waals surface area contributed by atoms with Crippen LogP contribution in [0.5, 0.6) is 0 Å². The molecular formula is C39H29N4P. The average Bonchev–Trinajstić information content (AvgIpc) is 3.60. The van der Waals surface area contributed by atoms with Crippen molar-refractivity contribution >= 4 is 39.4 Å². The van der Waals surface area contributed by atoms with Crippen LogP contribution in [0, 0.1) is 0 Å². The third kappa shape index (κ3) is 4.02. The Labute approximate surface area is 256 Å². The summed E-state index contributed by atoms with van der Waals surface area (Å²) in [5.74, 6) is 2.09. The summed E-state index contributed by atoms with van der Waals surface area (Å²) in [7, 11) is -0.671. The molecular weight excluding hydrogens is 555 g/mol. The van der Waals surface area contributed by atoms with Gasteiger partial charge in [0.2, 0.25) is 5.95 Å². The molecule has 210 valence electrons. The SMILES string of the molecule is c1ccc(-c2nc(-c3ccccc3)nc(-n3c4c(c5cc6c7ccccc7p(-c7ccccc7)c6cc53)CCCC4)n2)cc1. The van der Waals surface area contributed by atoms with Crippen LogP contribution >= 0.6 is 7.53 Å². The van der Waals surface area contributed by atoms with Crippen molar-refractivity contribution in [3.8, 4) is 34.0 Å². The molecule has 0 saturated carbocycles. The lowest BCUT2D eigenvalue weighted by atomic mass is 9.95. The van der Waals surface area contributed by atoms with Crippen molar-refractivity contribution in [3.05, 3.63) is 139 Å². The summed E-state index contributed by atoms with van der Waals surface area (Å²) in [4.78, 5) is 15.4. The zero-order chi connectivity index (χ0) is 29.0. The predicted octanol–water partition coefficient (Wildman–Crippen LogP) is 10.3. The molecule has 0 spiro atoms. The van der Waals surface area contributed by atoms with Crippen molar-refractivity contribution in [2.75, 3.05) is 0 Å². The first kappa shape index (κ1) is 25.4. The molecule has 8 aromatic rings. The van der Waals surface area contributed by atoms with Gasteiger partial charge in [-0.25, -0.2) is 4.98 Å². The summed E-state index contributed by atoms with van der Waals surface area (Å²) in [5.41, 5.74) is 5.98. The maximum Gasteiger partial charge on any atom is 0.238 e. The van der Waals surface area contributed by atoms with E-state index >= 15 is 0 Å². The molecule has 4 nitrogen and oxygen atoms in total. The molecule has 0 saturated heterocycles. The van der Waals surface area contributed by atoms with Gasteiger partial charge in [-0.15, -0.1) is 0 Å². The number of rotatable bonds is 4. The van der Waals surface area contributed by atoms with Crippen molar-refractivity contribution in [1.29, 1.82) is 0 Å². The maximum atomic E-state index is 5.19. The molecule has 3 heterocycles. The van der Waals surface area contributed by atoms with E-state index in [1.54, 1.807) is 0 Å². The number of nitrogens with zero attached hydrogens (tertiary/aromatic N) is 4. The maximum absolute atomic E-state index is 5.19. The van der Waals surface area contributed by atoms with Gasteiger partial charge in [0, 0.05) is 32.4 Å². The fraction of sp³-hybridized carbons (Fsp3) is 0.103. The van der Waals surface area contributed by atoms with E-state index in [1.807, 2.05) is 36.4 Å². The number of fused-ring (bicyclic) bond motifs is 6. The molecule has 0 N–H and O–H groups in total. The van der Waals surface area contributed by atoms with E-state index in [2.05, 4.69) is 95.6 Å². The Balaban J connectivity index is 1.39. The molecule has 1 aliphatic carbocycles. The Bertz CT molecular complexity index is 2260. The Morgan fingerprint density at radius 2 is 1.14 bits per heavy atom. The first-order chi connectivity index (χ1) is 21.8. The van der Waals surface area contributed by atoms with Crippen LogP contribution < -0.4 is 0 Å². The van der Waals surface area contributed by atoms with Gasteiger partial charge in [0.15, 0.2) is 11.6 Å². The van der Waals surface area contributed by atoms with Crippen molar-refractivity contribution in [2.24, 2.45) is 0 Å². The zero-order valence-corrected chi connectivity index (χ0v) is 25.1. The van der Waals surface area contributed by atoms with Crippen LogP contribution in [0.3, 0.4) is 0 Å². The van der Waals surface area contributed by atoms with Crippen LogP contribution in [0.2, 0.25) is 0 Å². The molecule has 44 heavy (non-hydrogen) atoms. The minimum Gasteiger partial charge on any atom is -0.282 e. The van der Waals surface area contributed by atoms with Gasteiger partial charge in [-0.1, -0.05) is 123 Å². The molecule has 0 fully saturated rings. The molecule has 5 heteroatoms. The van der Waals surface area contributed by atoms with Crippen LogP contribution in [0.1, 0.15) is 24.1 Å². The predicted molar refractivity (Wildman–Crippen MR) is 183 cm³/mol. The third-order valence-corrected chi connectivity index (χ3v) is 11.5. The fourth-order valence-electron chi connectivity index (χ4n) is 6.98. The number of benzene rings is 5. The van der Waals surface area contributed by atoms with E-state index < -0.39 is 7.53 Å². The molecule has 0 aliphatic heterocycles. The van der Waals surface area contributed by atoms with Gasteiger partial charge in [0.1, 0.15) is 0 Å². The topological polar surface area (TPSA) is 43.6 Å². The van der Waals surface area contributed by atoms with Gasteiger partial charge < -0.3 is 0 Å². The average molecular weight is 585 g/mol. The summed E-state index contributed by atoms with van der Waals surface area (Å²) in [5, 5.41) is 8.31. The highest BCUT2D eigenvalue weighted by Gasteiger charge is 2.25. The first-order valence-electron chi connectivity index (χ1n) is 15.4. The molecule has 0 bridgehead atoms. The van der Waals surface area contributed by atoms with Gasteiger partial charge in [-0.2, -0.15) is 9.97 Å². The van der Waals surface area contributed by atoms with Gasteiger partial charge >= 0.3 is 0 Å². The summed E-state index contributed by atoms with van der Waals surface area (Å²) in [6.45, 7) is 0. The highest BCUT2D eigenvalue weighted by Crippen LogP contribution is 2.56. The minimum absolute atomic E-state index is 0.671. The summed E-state index contributed by atoms with van der Waals surface area (Å²) in [6.07, 6.45) is 4.48. The summed E-state index contributed by atoms with van der Waals surface area (Å²) in [6, 6.07) is 45.5. The largest absolute Gasteiger partial charge is 0.282 e. The van der Waals surface area contributed by atoms with E-state index in [1.165, 1.54) is 61.3 Å². The number of aromatic nitrogens is 4. The van der Waals surface area contributed by atoms with Crippen LogP contribution in [0.15, 0.2) is 127 Å². The van der Waals surface area contributed by atoms with Crippen LogP contribution in [0.25, 0.3) is 65.9 Å². The van der Waals surface area contributed by atoms with Crippen molar-refractivity contribution < 1.29 is 0 Å². The number of hydrogen-bond acceptors (Lipinski definition) is 3. The highest BCUT2D eigenvalue weighted by atomic mass is 31.1. The Kier molecular flexibility index (Phi) is 5.95. The molecule has 1 atom stereocenters. The Morgan fingerprint density at radius 1 is 0.523 bits per heavy atom. The quantitative estimate of drug-likeness (QED) is 0.207.